The molecule has 0 radical (unpaired) electrons. The first kappa shape index (κ1) is 15.9. The lowest BCUT2D eigenvalue weighted by molar-refractivity contribution is -0.121. The molecule has 0 bridgehead atoms. The number of nitrogens with two attached hydrogens (primary N) is 1. The van der Waals surface area contributed by atoms with Crippen molar-refractivity contribution in [1.82, 2.24) is 5.32 Å². The number of anilines is 1. The van der Waals surface area contributed by atoms with Crippen molar-refractivity contribution in [2.45, 2.75) is 56.7 Å². The second-order valence-corrected chi connectivity index (χ2v) is 6.19. The smallest absolute Gasteiger partial charge is 0.233 e. The van der Waals surface area contributed by atoms with Gasteiger partial charge in [-0.25, -0.2) is 0 Å². The standard InChI is InChI=1S/C15H24N2OS/c1-5-13(6-2)17-15(18)11(4)19-14-9-12(16)8-7-10(14)3/h7-9,11,13H,5-6,16H2,1-4H3,(H,17,18). The zero-order valence-electron chi connectivity index (χ0n) is 12.2. The second kappa shape index (κ2) is 7.43. The first-order chi connectivity index (χ1) is 8.97. The number of carbonyl (C=O) groups is 1. The average molecular weight is 280 g/mol. The van der Waals surface area contributed by atoms with Gasteiger partial charge in [0.2, 0.25) is 5.91 Å². The summed E-state index contributed by atoms with van der Waals surface area (Å²) in [5.41, 5.74) is 7.68. The highest BCUT2D eigenvalue weighted by atomic mass is 32.2. The molecule has 0 fully saturated rings. The maximum Gasteiger partial charge on any atom is 0.233 e. The van der Waals surface area contributed by atoms with Gasteiger partial charge in [0, 0.05) is 16.6 Å². The van der Waals surface area contributed by atoms with Crippen LogP contribution in [0.1, 0.15) is 39.2 Å². The van der Waals surface area contributed by atoms with Crippen LogP contribution in [-0.4, -0.2) is 17.2 Å². The fourth-order valence-electron chi connectivity index (χ4n) is 1.80. The average Bonchev–Trinajstić information content (AvgIpc) is 2.39. The number of nitrogen functional groups attached to an aromatic ring is 1. The van der Waals surface area contributed by atoms with Gasteiger partial charge in [0.15, 0.2) is 0 Å². The molecule has 3 N–H and O–H groups in total. The molecule has 0 aromatic heterocycles. The lowest BCUT2D eigenvalue weighted by Gasteiger charge is -2.19. The van der Waals surface area contributed by atoms with Gasteiger partial charge in [-0.1, -0.05) is 19.9 Å². The maximum absolute atomic E-state index is 12.1. The van der Waals surface area contributed by atoms with Gasteiger partial charge in [0.1, 0.15) is 0 Å². The molecule has 1 aromatic carbocycles. The van der Waals surface area contributed by atoms with Crippen molar-refractivity contribution in [1.29, 1.82) is 0 Å². The van der Waals surface area contributed by atoms with Crippen LogP contribution in [0.25, 0.3) is 0 Å². The summed E-state index contributed by atoms with van der Waals surface area (Å²) in [5.74, 6) is 0.0977. The third kappa shape index (κ3) is 4.78. The molecule has 3 nitrogen and oxygen atoms in total. The monoisotopic (exact) mass is 280 g/mol. The van der Waals surface area contributed by atoms with E-state index in [0.717, 1.165) is 29.0 Å². The zero-order valence-corrected chi connectivity index (χ0v) is 13.0. The third-order valence-corrected chi connectivity index (χ3v) is 4.48. The molecule has 0 heterocycles. The van der Waals surface area contributed by atoms with Crippen molar-refractivity contribution in [2.24, 2.45) is 0 Å². The molecular formula is C15H24N2OS. The Hall–Kier alpha value is -1.16. The molecule has 1 atom stereocenters. The minimum atomic E-state index is -0.110. The molecule has 0 saturated heterocycles. The summed E-state index contributed by atoms with van der Waals surface area (Å²) >= 11 is 1.56. The minimum absolute atomic E-state index is 0.0977. The van der Waals surface area contributed by atoms with Gasteiger partial charge in [0.05, 0.1) is 5.25 Å². The zero-order chi connectivity index (χ0) is 14.4. The van der Waals surface area contributed by atoms with E-state index in [-0.39, 0.29) is 17.2 Å². The second-order valence-electron chi connectivity index (χ2n) is 4.81. The van der Waals surface area contributed by atoms with Gasteiger partial charge >= 0.3 is 0 Å². The lowest BCUT2D eigenvalue weighted by Crippen LogP contribution is -2.38. The Morgan fingerprint density at radius 3 is 2.58 bits per heavy atom. The Morgan fingerprint density at radius 1 is 1.37 bits per heavy atom. The Bertz CT molecular complexity index is 430. The van der Waals surface area contributed by atoms with Crippen molar-refractivity contribution in [3.63, 3.8) is 0 Å². The number of carbonyl (C=O) groups excluding carboxylic acids is 1. The lowest BCUT2D eigenvalue weighted by atomic mass is 10.2. The van der Waals surface area contributed by atoms with Crippen LogP contribution in [0.15, 0.2) is 23.1 Å². The van der Waals surface area contributed by atoms with Crippen LogP contribution in [0.2, 0.25) is 0 Å². The summed E-state index contributed by atoms with van der Waals surface area (Å²) in [4.78, 5) is 13.2. The van der Waals surface area contributed by atoms with E-state index >= 15 is 0 Å². The molecule has 4 heteroatoms. The predicted molar refractivity (Wildman–Crippen MR) is 83.4 cm³/mol. The molecule has 19 heavy (non-hydrogen) atoms. The molecule has 0 aliphatic carbocycles. The van der Waals surface area contributed by atoms with Gasteiger partial charge in [0.25, 0.3) is 0 Å². The normalized spacial score (nSPS) is 12.5. The van der Waals surface area contributed by atoms with Crippen molar-refractivity contribution in [3.8, 4) is 0 Å². The summed E-state index contributed by atoms with van der Waals surface area (Å²) in [6, 6.07) is 6.08. The number of rotatable bonds is 6. The number of hydrogen-bond acceptors (Lipinski definition) is 3. The number of amides is 1. The fraction of sp³-hybridized carbons (Fsp3) is 0.533. The topological polar surface area (TPSA) is 55.1 Å². The van der Waals surface area contributed by atoms with Crippen LogP contribution < -0.4 is 11.1 Å². The predicted octanol–water partition coefficient (Wildman–Crippen LogP) is 3.36. The quantitative estimate of drug-likeness (QED) is 0.620. The molecule has 1 amide bonds. The van der Waals surface area contributed by atoms with Crippen LogP contribution in [0.5, 0.6) is 0 Å². The molecule has 0 aliphatic heterocycles. The molecule has 1 aromatic rings. The van der Waals surface area contributed by atoms with E-state index in [1.807, 2.05) is 32.0 Å². The minimum Gasteiger partial charge on any atom is -0.399 e. The molecule has 1 rings (SSSR count). The Balaban J connectivity index is 2.65. The maximum atomic E-state index is 12.1. The summed E-state index contributed by atoms with van der Waals surface area (Å²) in [6.07, 6.45) is 1.94. The Labute approximate surface area is 120 Å². The van der Waals surface area contributed by atoms with Crippen molar-refractivity contribution in [3.05, 3.63) is 23.8 Å². The summed E-state index contributed by atoms with van der Waals surface area (Å²) in [7, 11) is 0. The number of aryl methyl sites for hydroxylation is 1. The van der Waals surface area contributed by atoms with Gasteiger partial charge in [-0.2, -0.15) is 0 Å². The number of thioether (sulfide) groups is 1. The van der Waals surface area contributed by atoms with Crippen molar-refractivity contribution in [2.75, 3.05) is 5.73 Å². The van der Waals surface area contributed by atoms with Gasteiger partial charge in [-0.3, -0.25) is 4.79 Å². The third-order valence-electron chi connectivity index (χ3n) is 3.22. The van der Waals surface area contributed by atoms with E-state index in [2.05, 4.69) is 19.2 Å². The van der Waals surface area contributed by atoms with Gasteiger partial charge in [-0.15, -0.1) is 11.8 Å². The molecule has 106 valence electrons. The van der Waals surface area contributed by atoms with Gasteiger partial charge in [-0.05, 0) is 44.4 Å². The highest BCUT2D eigenvalue weighted by Crippen LogP contribution is 2.28. The fourth-order valence-corrected chi connectivity index (χ4v) is 2.81. The summed E-state index contributed by atoms with van der Waals surface area (Å²) in [6.45, 7) is 8.15. The molecule has 0 aliphatic rings. The van der Waals surface area contributed by atoms with Crippen molar-refractivity contribution >= 4 is 23.4 Å². The van der Waals surface area contributed by atoms with Crippen LogP contribution in [0.4, 0.5) is 5.69 Å². The van der Waals surface area contributed by atoms with Crippen LogP contribution >= 0.6 is 11.8 Å². The van der Waals surface area contributed by atoms with E-state index in [0.29, 0.717) is 0 Å². The van der Waals surface area contributed by atoms with Crippen LogP contribution in [-0.2, 0) is 4.79 Å². The van der Waals surface area contributed by atoms with E-state index in [4.69, 9.17) is 5.73 Å². The highest BCUT2D eigenvalue weighted by Gasteiger charge is 2.17. The summed E-state index contributed by atoms with van der Waals surface area (Å²) < 4.78 is 0. The van der Waals surface area contributed by atoms with E-state index in [9.17, 15) is 4.79 Å². The molecular weight excluding hydrogens is 256 g/mol. The SMILES string of the molecule is CCC(CC)NC(=O)C(C)Sc1cc(N)ccc1C. The first-order valence-electron chi connectivity index (χ1n) is 6.81. The Kier molecular flexibility index (Phi) is 6.22. The summed E-state index contributed by atoms with van der Waals surface area (Å²) in [5, 5.41) is 2.97. The van der Waals surface area contributed by atoms with E-state index < -0.39 is 0 Å². The number of nitrogens with one attached hydrogen (secondary N) is 1. The molecule has 0 saturated carbocycles. The van der Waals surface area contributed by atoms with E-state index in [1.165, 1.54) is 0 Å². The Morgan fingerprint density at radius 2 is 2.00 bits per heavy atom. The largest absolute Gasteiger partial charge is 0.399 e. The highest BCUT2D eigenvalue weighted by molar-refractivity contribution is 8.00. The number of benzene rings is 1. The molecule has 0 spiro atoms. The van der Waals surface area contributed by atoms with Crippen LogP contribution in [0.3, 0.4) is 0 Å². The number of hydrogen-bond donors (Lipinski definition) is 2. The van der Waals surface area contributed by atoms with Crippen molar-refractivity contribution < 1.29 is 4.79 Å². The van der Waals surface area contributed by atoms with E-state index in [1.54, 1.807) is 11.8 Å². The molecule has 1 unspecified atom stereocenters. The van der Waals surface area contributed by atoms with Crippen LogP contribution in [0, 0.1) is 6.92 Å². The van der Waals surface area contributed by atoms with Gasteiger partial charge < -0.3 is 11.1 Å². The first-order valence-corrected chi connectivity index (χ1v) is 7.69.